The first-order valence-electron chi connectivity index (χ1n) is 8.83. The summed E-state index contributed by atoms with van der Waals surface area (Å²) in [4.78, 5) is 38.0. The van der Waals surface area contributed by atoms with E-state index in [1.807, 2.05) is 6.92 Å². The summed E-state index contributed by atoms with van der Waals surface area (Å²) in [5, 5.41) is 4.53. The number of carbonyl (C=O) groups excluding carboxylic acids is 3. The Hall–Kier alpha value is -3.29. The second-order valence-electron chi connectivity index (χ2n) is 6.54. The molecule has 1 aliphatic rings. The summed E-state index contributed by atoms with van der Waals surface area (Å²) in [6.45, 7) is 2.45. The van der Waals surface area contributed by atoms with Gasteiger partial charge < -0.3 is 15.5 Å². The van der Waals surface area contributed by atoms with Crippen LogP contribution in [-0.2, 0) is 14.4 Å². The Labute approximate surface area is 160 Å². The maximum absolute atomic E-state index is 13.6. The Morgan fingerprint density at radius 1 is 1.00 bits per heavy atom. The zero-order valence-electron chi connectivity index (χ0n) is 15.2. The van der Waals surface area contributed by atoms with Gasteiger partial charge in [-0.1, -0.05) is 6.07 Å². The van der Waals surface area contributed by atoms with Crippen LogP contribution in [0.3, 0.4) is 0 Å². The molecule has 3 amide bonds. The highest BCUT2D eigenvalue weighted by atomic mass is 19.1. The minimum atomic E-state index is -1.10. The normalized spacial score (nSPS) is 14.0. The summed E-state index contributed by atoms with van der Waals surface area (Å²) in [6.07, 6.45) is 2.22. The van der Waals surface area contributed by atoms with Crippen molar-refractivity contribution in [1.29, 1.82) is 0 Å². The van der Waals surface area contributed by atoms with E-state index in [4.69, 9.17) is 0 Å². The van der Waals surface area contributed by atoms with E-state index < -0.39 is 23.4 Å². The molecule has 3 rings (SSSR count). The molecule has 8 heteroatoms. The van der Waals surface area contributed by atoms with Gasteiger partial charge in [0.1, 0.15) is 11.6 Å². The number of nitrogens with zero attached hydrogens (tertiary/aromatic N) is 1. The smallest absolute Gasteiger partial charge is 0.314 e. The fourth-order valence-corrected chi connectivity index (χ4v) is 3.00. The van der Waals surface area contributed by atoms with Crippen LogP contribution in [0.25, 0.3) is 0 Å². The molecule has 0 radical (unpaired) electrons. The van der Waals surface area contributed by atoms with Crippen molar-refractivity contribution in [2.45, 2.75) is 26.2 Å². The van der Waals surface area contributed by atoms with Gasteiger partial charge >= 0.3 is 11.8 Å². The van der Waals surface area contributed by atoms with E-state index >= 15 is 0 Å². The van der Waals surface area contributed by atoms with Crippen LogP contribution in [0.4, 0.5) is 25.8 Å². The molecule has 1 saturated heterocycles. The SMILES string of the molecule is Cc1ccc(NC(=O)C(=O)Nc2ccc(F)cc2F)cc1N1CCCCC1=O. The fourth-order valence-electron chi connectivity index (χ4n) is 3.00. The summed E-state index contributed by atoms with van der Waals surface area (Å²) >= 11 is 0. The first-order valence-corrected chi connectivity index (χ1v) is 8.83. The van der Waals surface area contributed by atoms with Gasteiger partial charge in [0.2, 0.25) is 5.91 Å². The second kappa shape index (κ2) is 8.16. The van der Waals surface area contributed by atoms with Crippen LogP contribution >= 0.6 is 0 Å². The average molecular weight is 387 g/mol. The quantitative estimate of drug-likeness (QED) is 0.793. The minimum absolute atomic E-state index is 0.0161. The standard InChI is InChI=1S/C20H19F2N3O3/c1-12-5-7-14(11-17(12)25-9-3-2-4-18(25)26)23-19(27)20(28)24-16-8-6-13(21)10-15(16)22/h5-8,10-11H,2-4,9H2,1H3,(H,23,27)(H,24,28). The Morgan fingerprint density at radius 3 is 2.46 bits per heavy atom. The zero-order chi connectivity index (χ0) is 20.3. The third-order valence-corrected chi connectivity index (χ3v) is 4.47. The van der Waals surface area contributed by atoms with E-state index in [9.17, 15) is 23.2 Å². The number of aryl methyl sites for hydroxylation is 1. The molecule has 0 spiro atoms. The van der Waals surface area contributed by atoms with Crippen LogP contribution in [-0.4, -0.2) is 24.3 Å². The molecule has 2 N–H and O–H groups in total. The van der Waals surface area contributed by atoms with Gasteiger partial charge in [-0.05, 0) is 49.6 Å². The van der Waals surface area contributed by atoms with Crippen molar-refractivity contribution < 1.29 is 23.2 Å². The Balaban J connectivity index is 1.72. The van der Waals surface area contributed by atoms with E-state index in [-0.39, 0.29) is 11.6 Å². The number of hydrogen-bond donors (Lipinski definition) is 2. The van der Waals surface area contributed by atoms with Gasteiger partial charge in [0.05, 0.1) is 5.69 Å². The number of piperidine rings is 1. The van der Waals surface area contributed by atoms with Gasteiger partial charge in [0.15, 0.2) is 0 Å². The van der Waals surface area contributed by atoms with Crippen molar-refractivity contribution >= 4 is 34.8 Å². The molecule has 2 aromatic carbocycles. The Kier molecular flexibility index (Phi) is 5.67. The maximum Gasteiger partial charge on any atom is 0.314 e. The summed E-state index contributed by atoms with van der Waals surface area (Å²) < 4.78 is 26.5. The predicted molar refractivity (Wildman–Crippen MR) is 101 cm³/mol. The van der Waals surface area contributed by atoms with Crippen LogP contribution in [0, 0.1) is 18.6 Å². The number of anilines is 3. The monoisotopic (exact) mass is 387 g/mol. The highest BCUT2D eigenvalue weighted by molar-refractivity contribution is 6.43. The molecule has 0 bridgehead atoms. The molecule has 2 aromatic rings. The van der Waals surface area contributed by atoms with Crippen LogP contribution in [0.2, 0.25) is 0 Å². The summed E-state index contributed by atoms with van der Waals surface area (Å²) in [5.41, 5.74) is 1.57. The molecule has 1 fully saturated rings. The first-order chi connectivity index (χ1) is 13.3. The second-order valence-corrected chi connectivity index (χ2v) is 6.54. The third kappa shape index (κ3) is 4.33. The molecule has 0 aliphatic carbocycles. The number of carbonyl (C=O) groups is 3. The topological polar surface area (TPSA) is 78.5 Å². The van der Waals surface area contributed by atoms with E-state index in [0.717, 1.165) is 30.5 Å². The van der Waals surface area contributed by atoms with Crippen LogP contribution in [0.1, 0.15) is 24.8 Å². The summed E-state index contributed by atoms with van der Waals surface area (Å²) in [5.74, 6) is -3.87. The van der Waals surface area contributed by atoms with E-state index in [1.165, 1.54) is 0 Å². The lowest BCUT2D eigenvalue weighted by Crippen LogP contribution is -2.35. The number of halogens is 2. The van der Waals surface area contributed by atoms with Crippen molar-refractivity contribution in [3.8, 4) is 0 Å². The van der Waals surface area contributed by atoms with Gasteiger partial charge in [-0.25, -0.2) is 8.78 Å². The van der Waals surface area contributed by atoms with E-state index in [2.05, 4.69) is 10.6 Å². The highest BCUT2D eigenvalue weighted by Crippen LogP contribution is 2.27. The van der Waals surface area contributed by atoms with Crippen LogP contribution in [0.15, 0.2) is 36.4 Å². The van der Waals surface area contributed by atoms with Crippen molar-refractivity contribution in [2.24, 2.45) is 0 Å². The zero-order valence-corrected chi connectivity index (χ0v) is 15.2. The van der Waals surface area contributed by atoms with Gasteiger partial charge in [-0.2, -0.15) is 0 Å². The molecule has 0 saturated carbocycles. The van der Waals surface area contributed by atoms with E-state index in [1.54, 1.807) is 23.1 Å². The molecule has 0 unspecified atom stereocenters. The first kappa shape index (κ1) is 19.5. The molecule has 0 aromatic heterocycles. The number of benzene rings is 2. The predicted octanol–water partition coefficient (Wildman–Crippen LogP) is 3.37. The Morgan fingerprint density at radius 2 is 1.75 bits per heavy atom. The molecule has 1 heterocycles. The third-order valence-electron chi connectivity index (χ3n) is 4.47. The lowest BCUT2D eigenvalue weighted by atomic mass is 10.1. The van der Waals surface area contributed by atoms with Gasteiger partial charge in [0.25, 0.3) is 0 Å². The van der Waals surface area contributed by atoms with Crippen molar-refractivity contribution in [3.63, 3.8) is 0 Å². The van der Waals surface area contributed by atoms with Gasteiger partial charge in [-0.3, -0.25) is 14.4 Å². The van der Waals surface area contributed by atoms with Gasteiger partial charge in [0, 0.05) is 30.4 Å². The average Bonchev–Trinajstić information content (AvgIpc) is 2.66. The lowest BCUT2D eigenvalue weighted by molar-refractivity contribution is -0.133. The molecule has 6 nitrogen and oxygen atoms in total. The summed E-state index contributed by atoms with van der Waals surface area (Å²) in [6, 6.07) is 7.58. The van der Waals surface area contributed by atoms with Crippen molar-refractivity contribution in [3.05, 3.63) is 53.6 Å². The number of hydrogen-bond acceptors (Lipinski definition) is 3. The minimum Gasteiger partial charge on any atom is -0.318 e. The highest BCUT2D eigenvalue weighted by Gasteiger charge is 2.22. The number of nitrogens with one attached hydrogen (secondary N) is 2. The van der Waals surface area contributed by atoms with Crippen molar-refractivity contribution in [2.75, 3.05) is 22.1 Å². The molecule has 1 aliphatic heterocycles. The Bertz CT molecular complexity index is 946. The number of amides is 3. The van der Waals surface area contributed by atoms with Crippen molar-refractivity contribution in [1.82, 2.24) is 0 Å². The number of rotatable bonds is 3. The molecule has 28 heavy (non-hydrogen) atoms. The van der Waals surface area contributed by atoms with Crippen LogP contribution in [0.5, 0.6) is 0 Å². The molecular weight excluding hydrogens is 368 g/mol. The van der Waals surface area contributed by atoms with E-state index in [0.29, 0.717) is 30.4 Å². The maximum atomic E-state index is 13.6. The molecular formula is C20H19F2N3O3. The van der Waals surface area contributed by atoms with Gasteiger partial charge in [-0.15, -0.1) is 0 Å². The largest absolute Gasteiger partial charge is 0.318 e. The van der Waals surface area contributed by atoms with Crippen LogP contribution < -0.4 is 15.5 Å². The summed E-state index contributed by atoms with van der Waals surface area (Å²) in [7, 11) is 0. The lowest BCUT2D eigenvalue weighted by Gasteiger charge is -2.28. The fraction of sp³-hybridized carbons (Fsp3) is 0.250. The molecule has 0 atom stereocenters. The molecule has 146 valence electrons.